The molecule has 3 rings (SSSR count). The van der Waals surface area contributed by atoms with Gasteiger partial charge in [-0.15, -0.1) is 0 Å². The zero-order valence-electron chi connectivity index (χ0n) is 18.8. The molecule has 0 saturated heterocycles. The Bertz CT molecular complexity index is 1230. The van der Waals surface area contributed by atoms with E-state index in [1.54, 1.807) is 24.3 Å². The standard InChI is InChI=1S/C25H23Br2N3O4/c1-15-4-6-17(7-5-15)14-34-23-20(27)11-18(12-22(23)33-3)13-28-30-25(32)24(31)29-21-9-8-19(26)10-16(21)2/h4-13H,14H2,1-3H3,(H,29,31)(H,30,32)/b28-13+. The molecule has 0 saturated carbocycles. The average molecular weight is 589 g/mol. The number of halogens is 2. The van der Waals surface area contributed by atoms with Gasteiger partial charge in [0, 0.05) is 10.2 Å². The Balaban J connectivity index is 1.62. The van der Waals surface area contributed by atoms with Gasteiger partial charge in [0.1, 0.15) is 6.61 Å². The molecule has 0 aliphatic heterocycles. The first-order chi connectivity index (χ1) is 16.3. The van der Waals surface area contributed by atoms with Gasteiger partial charge in [0.2, 0.25) is 0 Å². The molecule has 9 heteroatoms. The fraction of sp³-hybridized carbons (Fsp3) is 0.160. The number of amides is 2. The maximum atomic E-state index is 12.1. The first kappa shape index (κ1) is 25.5. The Labute approximate surface area is 214 Å². The summed E-state index contributed by atoms with van der Waals surface area (Å²) < 4.78 is 12.9. The molecule has 0 fully saturated rings. The van der Waals surface area contributed by atoms with Crippen LogP contribution >= 0.6 is 31.9 Å². The predicted molar refractivity (Wildman–Crippen MR) is 139 cm³/mol. The van der Waals surface area contributed by atoms with Gasteiger partial charge in [-0.25, -0.2) is 5.43 Å². The molecule has 0 heterocycles. The van der Waals surface area contributed by atoms with E-state index in [0.717, 1.165) is 15.6 Å². The molecule has 0 aliphatic carbocycles. The third-order valence-electron chi connectivity index (χ3n) is 4.78. The van der Waals surface area contributed by atoms with E-state index in [0.29, 0.717) is 33.8 Å². The van der Waals surface area contributed by atoms with Gasteiger partial charge in [0.05, 0.1) is 17.8 Å². The summed E-state index contributed by atoms with van der Waals surface area (Å²) in [6.45, 7) is 4.24. The highest BCUT2D eigenvalue weighted by Gasteiger charge is 2.15. The van der Waals surface area contributed by atoms with Crippen molar-refractivity contribution in [1.82, 2.24) is 5.43 Å². The molecule has 2 amide bonds. The van der Waals surface area contributed by atoms with E-state index in [1.165, 1.54) is 18.9 Å². The second-order valence-electron chi connectivity index (χ2n) is 7.42. The Hall–Kier alpha value is -3.17. The lowest BCUT2D eigenvalue weighted by Gasteiger charge is -2.13. The number of hydrogen-bond donors (Lipinski definition) is 2. The molecule has 0 bridgehead atoms. The van der Waals surface area contributed by atoms with Crippen LogP contribution in [0.3, 0.4) is 0 Å². The maximum Gasteiger partial charge on any atom is 0.329 e. The Morgan fingerprint density at radius 1 is 1.00 bits per heavy atom. The van der Waals surface area contributed by atoms with E-state index in [9.17, 15) is 9.59 Å². The van der Waals surface area contributed by atoms with Gasteiger partial charge < -0.3 is 14.8 Å². The number of ether oxygens (including phenoxy) is 2. The lowest BCUT2D eigenvalue weighted by atomic mass is 10.2. The van der Waals surface area contributed by atoms with E-state index < -0.39 is 11.8 Å². The molecule has 0 spiro atoms. The molecule has 3 aromatic carbocycles. The van der Waals surface area contributed by atoms with Crippen molar-refractivity contribution in [2.24, 2.45) is 5.10 Å². The van der Waals surface area contributed by atoms with Crippen molar-refractivity contribution in [3.63, 3.8) is 0 Å². The fourth-order valence-corrected chi connectivity index (χ4v) is 4.01. The fourth-order valence-electron chi connectivity index (χ4n) is 2.96. The number of benzene rings is 3. The van der Waals surface area contributed by atoms with Gasteiger partial charge >= 0.3 is 11.8 Å². The lowest BCUT2D eigenvalue weighted by Crippen LogP contribution is -2.32. The average Bonchev–Trinajstić information content (AvgIpc) is 2.80. The second kappa shape index (κ2) is 11.8. The molecule has 0 radical (unpaired) electrons. The molecule has 0 aliphatic rings. The number of nitrogens with one attached hydrogen (secondary N) is 2. The SMILES string of the molecule is COc1cc(/C=N/NC(=O)C(=O)Nc2ccc(Br)cc2C)cc(Br)c1OCc1ccc(C)cc1. The monoisotopic (exact) mass is 587 g/mol. The van der Waals surface area contributed by atoms with Gasteiger partial charge in [-0.3, -0.25) is 9.59 Å². The third-order valence-corrected chi connectivity index (χ3v) is 5.86. The van der Waals surface area contributed by atoms with E-state index in [-0.39, 0.29) is 0 Å². The zero-order chi connectivity index (χ0) is 24.7. The van der Waals surface area contributed by atoms with Gasteiger partial charge in [-0.05, 0) is 76.8 Å². The summed E-state index contributed by atoms with van der Waals surface area (Å²) in [5, 5.41) is 6.44. The van der Waals surface area contributed by atoms with Crippen LogP contribution in [-0.4, -0.2) is 25.1 Å². The Kier molecular flexibility index (Phi) is 8.84. The molecule has 0 unspecified atom stereocenters. The molecule has 0 aromatic heterocycles. The van der Waals surface area contributed by atoms with Gasteiger partial charge in [-0.1, -0.05) is 45.8 Å². The minimum Gasteiger partial charge on any atom is -0.493 e. The maximum absolute atomic E-state index is 12.1. The number of anilines is 1. The highest BCUT2D eigenvalue weighted by molar-refractivity contribution is 9.10. The topological polar surface area (TPSA) is 89.0 Å². The van der Waals surface area contributed by atoms with Crippen LogP contribution in [0.1, 0.15) is 22.3 Å². The first-order valence-corrected chi connectivity index (χ1v) is 11.8. The van der Waals surface area contributed by atoms with Crippen molar-refractivity contribution in [2.45, 2.75) is 20.5 Å². The molecule has 0 atom stereocenters. The number of hydrogen-bond acceptors (Lipinski definition) is 5. The number of carbonyl (C=O) groups is 2. The normalized spacial score (nSPS) is 10.7. The van der Waals surface area contributed by atoms with Gasteiger partial charge in [0.25, 0.3) is 0 Å². The molecule has 7 nitrogen and oxygen atoms in total. The smallest absolute Gasteiger partial charge is 0.329 e. The molecule has 2 N–H and O–H groups in total. The molecule has 3 aromatic rings. The zero-order valence-corrected chi connectivity index (χ0v) is 22.0. The summed E-state index contributed by atoms with van der Waals surface area (Å²) in [7, 11) is 1.54. The number of rotatable bonds is 7. The van der Waals surface area contributed by atoms with Crippen molar-refractivity contribution in [3.8, 4) is 11.5 Å². The summed E-state index contributed by atoms with van der Waals surface area (Å²) in [5.41, 5.74) is 6.44. The van der Waals surface area contributed by atoms with Crippen LogP contribution in [-0.2, 0) is 16.2 Å². The van der Waals surface area contributed by atoms with Crippen molar-refractivity contribution in [1.29, 1.82) is 0 Å². The molecular formula is C25H23Br2N3O4. The highest BCUT2D eigenvalue weighted by Crippen LogP contribution is 2.36. The van der Waals surface area contributed by atoms with Crippen LogP contribution in [0.15, 0.2) is 68.6 Å². The quantitative estimate of drug-likeness (QED) is 0.216. The van der Waals surface area contributed by atoms with E-state index in [2.05, 4.69) is 47.7 Å². The second-order valence-corrected chi connectivity index (χ2v) is 9.19. The highest BCUT2D eigenvalue weighted by atomic mass is 79.9. The van der Waals surface area contributed by atoms with Crippen LogP contribution in [0.2, 0.25) is 0 Å². The van der Waals surface area contributed by atoms with Crippen LogP contribution in [0.5, 0.6) is 11.5 Å². The molecular weight excluding hydrogens is 566 g/mol. The van der Waals surface area contributed by atoms with E-state index in [4.69, 9.17) is 9.47 Å². The Morgan fingerprint density at radius 2 is 1.74 bits per heavy atom. The first-order valence-electron chi connectivity index (χ1n) is 10.2. The summed E-state index contributed by atoms with van der Waals surface area (Å²) in [4.78, 5) is 24.2. The minimum atomic E-state index is -0.886. The van der Waals surface area contributed by atoms with Crippen molar-refractivity contribution in [2.75, 3.05) is 12.4 Å². The number of aryl methyl sites for hydroxylation is 2. The van der Waals surface area contributed by atoms with Gasteiger partial charge in [0.15, 0.2) is 11.5 Å². The summed E-state index contributed by atoms with van der Waals surface area (Å²) in [6.07, 6.45) is 1.41. The predicted octanol–water partition coefficient (Wildman–Crippen LogP) is 5.50. The minimum absolute atomic E-state index is 0.381. The van der Waals surface area contributed by atoms with Crippen molar-refractivity contribution in [3.05, 3.63) is 85.8 Å². The van der Waals surface area contributed by atoms with Crippen LogP contribution < -0.4 is 20.2 Å². The van der Waals surface area contributed by atoms with Crippen LogP contribution in [0.4, 0.5) is 5.69 Å². The largest absolute Gasteiger partial charge is 0.493 e. The van der Waals surface area contributed by atoms with Gasteiger partial charge in [-0.2, -0.15) is 5.10 Å². The molecule has 176 valence electrons. The summed E-state index contributed by atoms with van der Waals surface area (Å²) >= 11 is 6.85. The summed E-state index contributed by atoms with van der Waals surface area (Å²) in [5.74, 6) is -0.657. The lowest BCUT2D eigenvalue weighted by molar-refractivity contribution is -0.136. The van der Waals surface area contributed by atoms with Crippen molar-refractivity contribution < 1.29 is 19.1 Å². The number of methoxy groups -OCH3 is 1. The number of carbonyl (C=O) groups excluding carboxylic acids is 2. The van der Waals surface area contributed by atoms with Crippen LogP contribution in [0, 0.1) is 13.8 Å². The Morgan fingerprint density at radius 3 is 2.41 bits per heavy atom. The third kappa shape index (κ3) is 6.91. The van der Waals surface area contributed by atoms with E-state index >= 15 is 0 Å². The van der Waals surface area contributed by atoms with Crippen molar-refractivity contribution >= 4 is 55.6 Å². The molecule has 34 heavy (non-hydrogen) atoms. The van der Waals surface area contributed by atoms with E-state index in [1.807, 2.05) is 44.2 Å². The van der Waals surface area contributed by atoms with Crippen LogP contribution in [0.25, 0.3) is 0 Å². The number of nitrogens with zero attached hydrogens (tertiary/aromatic N) is 1. The number of hydrazone groups is 1. The summed E-state index contributed by atoms with van der Waals surface area (Å²) in [6, 6.07) is 16.9.